The van der Waals surface area contributed by atoms with Gasteiger partial charge in [-0.25, -0.2) is 0 Å². The summed E-state index contributed by atoms with van der Waals surface area (Å²) in [5, 5.41) is 5.53. The highest BCUT2D eigenvalue weighted by Gasteiger charge is 2.14. The molecule has 0 aliphatic heterocycles. The average molecular weight is 403 g/mol. The molecule has 0 saturated heterocycles. The largest absolute Gasteiger partial charge is 0.355 e. The molecule has 2 rings (SSSR count). The van der Waals surface area contributed by atoms with E-state index >= 15 is 0 Å². The number of nitrogens with one attached hydrogen (secondary N) is 2. The summed E-state index contributed by atoms with van der Waals surface area (Å²) in [5.41, 5.74) is 1.93. The van der Waals surface area contributed by atoms with Crippen LogP contribution in [0.4, 0.5) is 5.69 Å². The fourth-order valence-corrected chi connectivity index (χ4v) is 3.83. The third-order valence-electron chi connectivity index (χ3n) is 3.80. The molecule has 0 saturated carbocycles. The normalized spacial score (nSPS) is 11.6. The van der Waals surface area contributed by atoms with Crippen molar-refractivity contribution in [3.8, 4) is 0 Å². The van der Waals surface area contributed by atoms with Crippen LogP contribution in [-0.2, 0) is 9.59 Å². The van der Waals surface area contributed by atoms with Crippen molar-refractivity contribution in [3.05, 3.63) is 60.2 Å². The van der Waals surface area contributed by atoms with Gasteiger partial charge in [0, 0.05) is 17.1 Å². The van der Waals surface area contributed by atoms with Crippen LogP contribution in [0.5, 0.6) is 0 Å². The van der Waals surface area contributed by atoms with E-state index in [1.54, 1.807) is 11.8 Å². The van der Waals surface area contributed by atoms with Crippen molar-refractivity contribution in [2.45, 2.75) is 30.4 Å². The van der Waals surface area contributed by atoms with Crippen molar-refractivity contribution in [2.75, 3.05) is 23.4 Å². The lowest BCUT2D eigenvalue weighted by Crippen LogP contribution is -2.32. The number of anilines is 1. The summed E-state index contributed by atoms with van der Waals surface area (Å²) in [5.74, 6) is 1.10. The fourth-order valence-electron chi connectivity index (χ4n) is 2.24. The van der Waals surface area contributed by atoms with E-state index in [9.17, 15) is 9.59 Å². The molecule has 2 amide bonds. The molecule has 2 aromatic carbocycles. The highest BCUT2D eigenvalue weighted by atomic mass is 32.2. The number of hydrogen-bond donors (Lipinski definition) is 2. The topological polar surface area (TPSA) is 58.2 Å². The van der Waals surface area contributed by atoms with Crippen molar-refractivity contribution in [1.29, 1.82) is 0 Å². The second-order valence-corrected chi connectivity index (χ2v) is 8.67. The fraction of sp³-hybridized carbons (Fsp3) is 0.333. The quantitative estimate of drug-likeness (QED) is 0.458. The van der Waals surface area contributed by atoms with Gasteiger partial charge in [0.25, 0.3) is 0 Å². The van der Waals surface area contributed by atoms with Crippen molar-refractivity contribution < 1.29 is 9.59 Å². The molecule has 6 heteroatoms. The monoisotopic (exact) mass is 402 g/mol. The maximum Gasteiger partial charge on any atom is 0.234 e. The first-order valence-corrected chi connectivity index (χ1v) is 11.0. The van der Waals surface area contributed by atoms with Gasteiger partial charge in [0.1, 0.15) is 0 Å². The third kappa shape index (κ3) is 8.54. The van der Waals surface area contributed by atoms with Gasteiger partial charge in [-0.1, -0.05) is 35.9 Å². The zero-order valence-corrected chi connectivity index (χ0v) is 17.4. The Morgan fingerprint density at radius 3 is 2.44 bits per heavy atom. The van der Waals surface area contributed by atoms with Gasteiger partial charge < -0.3 is 10.6 Å². The first-order chi connectivity index (χ1) is 13.0. The minimum atomic E-state index is -0.254. The number of rotatable bonds is 10. The number of benzene rings is 2. The molecule has 0 heterocycles. The molecule has 2 N–H and O–H groups in total. The molecule has 0 spiro atoms. The molecule has 2 aromatic rings. The summed E-state index contributed by atoms with van der Waals surface area (Å²) < 4.78 is 0. The standard InChI is InChI=1S/C21H26N2O2S2/c1-16-9-11-18(12-10-16)23-20(24)15-27-17(2)21(25)22-13-6-14-26-19-7-4-3-5-8-19/h3-5,7-12,17H,6,13-15H2,1-2H3,(H,22,25)(H,23,24). The van der Waals surface area contributed by atoms with Gasteiger partial charge in [-0.2, -0.15) is 0 Å². The lowest BCUT2D eigenvalue weighted by molar-refractivity contribution is -0.120. The maximum atomic E-state index is 12.1. The van der Waals surface area contributed by atoms with Crippen molar-refractivity contribution >= 4 is 41.0 Å². The molecule has 0 aromatic heterocycles. The van der Waals surface area contributed by atoms with Crippen LogP contribution >= 0.6 is 23.5 Å². The Kier molecular flexibility index (Phi) is 9.28. The Labute approximate surface area is 169 Å². The SMILES string of the molecule is Cc1ccc(NC(=O)CSC(C)C(=O)NCCCSc2ccccc2)cc1. The Morgan fingerprint density at radius 2 is 1.74 bits per heavy atom. The van der Waals surface area contributed by atoms with Crippen LogP contribution in [0.15, 0.2) is 59.5 Å². The van der Waals surface area contributed by atoms with E-state index in [1.165, 1.54) is 16.7 Å². The van der Waals surface area contributed by atoms with Gasteiger partial charge in [-0.15, -0.1) is 23.5 Å². The summed E-state index contributed by atoms with van der Waals surface area (Å²) in [6, 6.07) is 17.9. The van der Waals surface area contributed by atoms with E-state index in [1.807, 2.05) is 56.3 Å². The first kappa shape index (κ1) is 21.4. The predicted molar refractivity (Wildman–Crippen MR) is 117 cm³/mol. The van der Waals surface area contributed by atoms with Crippen LogP contribution in [0, 0.1) is 6.92 Å². The number of aryl methyl sites for hydroxylation is 1. The highest BCUT2D eigenvalue weighted by Crippen LogP contribution is 2.17. The highest BCUT2D eigenvalue weighted by molar-refractivity contribution is 8.01. The molecule has 0 radical (unpaired) electrons. The van der Waals surface area contributed by atoms with Crippen molar-refractivity contribution in [1.82, 2.24) is 5.32 Å². The van der Waals surface area contributed by atoms with Crippen LogP contribution in [0.2, 0.25) is 0 Å². The van der Waals surface area contributed by atoms with E-state index in [2.05, 4.69) is 22.8 Å². The molecule has 27 heavy (non-hydrogen) atoms. The van der Waals surface area contributed by atoms with E-state index in [0.29, 0.717) is 6.54 Å². The van der Waals surface area contributed by atoms with Crippen LogP contribution in [0.25, 0.3) is 0 Å². The zero-order chi connectivity index (χ0) is 19.5. The predicted octanol–water partition coefficient (Wildman–Crippen LogP) is 4.35. The molecule has 0 aliphatic rings. The Balaban J connectivity index is 1.57. The number of amides is 2. The van der Waals surface area contributed by atoms with E-state index in [4.69, 9.17) is 0 Å². The lowest BCUT2D eigenvalue weighted by atomic mass is 10.2. The minimum Gasteiger partial charge on any atom is -0.355 e. The number of hydrogen-bond acceptors (Lipinski definition) is 4. The van der Waals surface area contributed by atoms with Crippen molar-refractivity contribution in [2.24, 2.45) is 0 Å². The third-order valence-corrected chi connectivity index (χ3v) is 6.04. The summed E-state index contributed by atoms with van der Waals surface area (Å²) in [7, 11) is 0. The van der Waals surface area contributed by atoms with Crippen LogP contribution in [0.1, 0.15) is 18.9 Å². The maximum absolute atomic E-state index is 12.1. The summed E-state index contributed by atoms with van der Waals surface area (Å²) >= 11 is 3.13. The van der Waals surface area contributed by atoms with Gasteiger partial charge >= 0.3 is 0 Å². The van der Waals surface area contributed by atoms with Crippen molar-refractivity contribution in [3.63, 3.8) is 0 Å². The summed E-state index contributed by atoms with van der Waals surface area (Å²) in [6.45, 7) is 4.49. The second kappa shape index (κ2) is 11.7. The van der Waals surface area contributed by atoms with Gasteiger partial charge in [0.05, 0.1) is 11.0 Å². The smallest absolute Gasteiger partial charge is 0.234 e. The molecule has 1 unspecified atom stereocenters. The van der Waals surface area contributed by atoms with E-state index in [0.717, 1.165) is 23.4 Å². The molecular formula is C21H26N2O2S2. The number of carbonyl (C=O) groups excluding carboxylic acids is 2. The van der Waals surface area contributed by atoms with Crippen LogP contribution in [-0.4, -0.2) is 35.1 Å². The minimum absolute atomic E-state index is 0.0205. The zero-order valence-electron chi connectivity index (χ0n) is 15.7. The van der Waals surface area contributed by atoms with Gasteiger partial charge in [-0.05, 0) is 50.3 Å². The molecule has 4 nitrogen and oxygen atoms in total. The van der Waals surface area contributed by atoms with Gasteiger partial charge in [-0.3, -0.25) is 9.59 Å². The summed E-state index contributed by atoms with van der Waals surface area (Å²) in [4.78, 5) is 25.3. The molecular weight excluding hydrogens is 376 g/mol. The van der Waals surface area contributed by atoms with E-state index < -0.39 is 0 Å². The second-order valence-electron chi connectivity index (χ2n) is 6.17. The molecule has 144 valence electrons. The number of carbonyl (C=O) groups is 2. The molecule has 0 fully saturated rings. The van der Waals surface area contributed by atoms with E-state index in [-0.39, 0.29) is 22.8 Å². The van der Waals surface area contributed by atoms with Gasteiger partial charge in [0.15, 0.2) is 0 Å². The molecule has 1 atom stereocenters. The Bertz CT molecular complexity index is 721. The van der Waals surface area contributed by atoms with Crippen LogP contribution in [0.3, 0.4) is 0 Å². The molecule has 0 aliphatic carbocycles. The van der Waals surface area contributed by atoms with Crippen LogP contribution < -0.4 is 10.6 Å². The lowest BCUT2D eigenvalue weighted by Gasteiger charge is -2.12. The first-order valence-electron chi connectivity index (χ1n) is 8.98. The molecule has 0 bridgehead atoms. The number of thioether (sulfide) groups is 2. The van der Waals surface area contributed by atoms with Gasteiger partial charge in [0.2, 0.25) is 11.8 Å². The Morgan fingerprint density at radius 1 is 1.04 bits per heavy atom. The average Bonchev–Trinajstić information content (AvgIpc) is 2.68. The summed E-state index contributed by atoms with van der Waals surface area (Å²) in [6.07, 6.45) is 0.913. The Hall–Kier alpha value is -1.92.